The molecular formula is C14H17FO2. The third-order valence-corrected chi connectivity index (χ3v) is 2.91. The number of Topliss-reactive ketones (excluding diaryl/α,β-unsaturated/α-hetero) is 2. The van der Waals surface area contributed by atoms with Crippen molar-refractivity contribution in [1.29, 1.82) is 0 Å². The SMILES string of the molecule is CCC(C)C(=O)C(F)C(=O)c1ccc(C)cc1. The minimum absolute atomic E-state index is 0.250. The maximum Gasteiger partial charge on any atom is 0.221 e. The maximum atomic E-state index is 13.7. The molecule has 0 amide bonds. The molecule has 0 bridgehead atoms. The molecule has 0 saturated heterocycles. The third kappa shape index (κ3) is 3.22. The number of hydrogen-bond acceptors (Lipinski definition) is 2. The first kappa shape index (κ1) is 13.6. The number of rotatable bonds is 5. The summed E-state index contributed by atoms with van der Waals surface area (Å²) in [6.07, 6.45) is -1.49. The quantitative estimate of drug-likeness (QED) is 0.581. The van der Waals surface area contributed by atoms with Gasteiger partial charge >= 0.3 is 0 Å². The Bertz CT molecular complexity index is 409. The van der Waals surface area contributed by atoms with Crippen LogP contribution < -0.4 is 0 Å². The van der Waals surface area contributed by atoms with E-state index in [1.165, 1.54) is 0 Å². The van der Waals surface area contributed by atoms with Crippen LogP contribution in [-0.2, 0) is 4.79 Å². The van der Waals surface area contributed by atoms with Crippen LogP contribution in [0.3, 0.4) is 0 Å². The number of hydrogen-bond donors (Lipinski definition) is 0. The van der Waals surface area contributed by atoms with Crippen LogP contribution in [0.25, 0.3) is 0 Å². The van der Waals surface area contributed by atoms with Gasteiger partial charge in [-0.05, 0) is 13.3 Å². The van der Waals surface area contributed by atoms with Gasteiger partial charge in [-0.2, -0.15) is 0 Å². The number of aryl methyl sites for hydroxylation is 1. The summed E-state index contributed by atoms with van der Waals surface area (Å²) < 4.78 is 13.7. The summed E-state index contributed by atoms with van der Waals surface area (Å²) in [7, 11) is 0. The van der Waals surface area contributed by atoms with E-state index < -0.39 is 23.7 Å². The molecule has 2 atom stereocenters. The number of ketones is 2. The highest BCUT2D eigenvalue weighted by molar-refractivity contribution is 6.13. The summed E-state index contributed by atoms with van der Waals surface area (Å²) in [5, 5.41) is 0. The second-order valence-electron chi connectivity index (χ2n) is 4.30. The zero-order valence-corrected chi connectivity index (χ0v) is 10.4. The Morgan fingerprint density at radius 1 is 1.24 bits per heavy atom. The van der Waals surface area contributed by atoms with Crippen LogP contribution in [0.1, 0.15) is 36.2 Å². The van der Waals surface area contributed by atoms with Gasteiger partial charge in [-0.15, -0.1) is 0 Å². The van der Waals surface area contributed by atoms with E-state index in [0.717, 1.165) is 5.56 Å². The molecule has 1 rings (SSSR count). The maximum absolute atomic E-state index is 13.7. The molecule has 1 aromatic carbocycles. The van der Waals surface area contributed by atoms with E-state index in [0.29, 0.717) is 6.42 Å². The third-order valence-electron chi connectivity index (χ3n) is 2.91. The number of carbonyl (C=O) groups excluding carboxylic acids is 2. The lowest BCUT2D eigenvalue weighted by molar-refractivity contribution is -0.125. The van der Waals surface area contributed by atoms with Gasteiger partial charge < -0.3 is 0 Å². The minimum atomic E-state index is -2.03. The Balaban J connectivity index is 2.83. The molecule has 17 heavy (non-hydrogen) atoms. The Morgan fingerprint density at radius 2 is 1.76 bits per heavy atom. The average molecular weight is 236 g/mol. The van der Waals surface area contributed by atoms with E-state index in [4.69, 9.17) is 0 Å². The highest BCUT2D eigenvalue weighted by Crippen LogP contribution is 2.14. The first-order chi connectivity index (χ1) is 7.97. The number of benzene rings is 1. The van der Waals surface area contributed by atoms with Crippen molar-refractivity contribution in [2.75, 3.05) is 0 Å². The standard InChI is InChI=1S/C14H17FO2/c1-4-10(3)13(16)12(15)14(17)11-7-5-9(2)6-8-11/h5-8,10,12H,4H2,1-3H3. The monoisotopic (exact) mass is 236 g/mol. The van der Waals surface area contributed by atoms with E-state index in [-0.39, 0.29) is 5.56 Å². The molecule has 0 aromatic heterocycles. The molecule has 0 saturated carbocycles. The van der Waals surface area contributed by atoms with Crippen LogP contribution in [0.5, 0.6) is 0 Å². The molecule has 1 aromatic rings. The van der Waals surface area contributed by atoms with Gasteiger partial charge in [0, 0.05) is 11.5 Å². The fourth-order valence-corrected chi connectivity index (χ4v) is 1.44. The Kier molecular flexibility index (Phi) is 4.55. The molecular weight excluding hydrogens is 219 g/mol. The molecule has 2 nitrogen and oxygen atoms in total. The van der Waals surface area contributed by atoms with E-state index in [2.05, 4.69) is 0 Å². The molecule has 2 unspecified atom stereocenters. The van der Waals surface area contributed by atoms with Gasteiger partial charge in [0.1, 0.15) is 0 Å². The summed E-state index contributed by atoms with van der Waals surface area (Å²) >= 11 is 0. The number of halogens is 1. The van der Waals surface area contributed by atoms with Crippen molar-refractivity contribution < 1.29 is 14.0 Å². The van der Waals surface area contributed by atoms with Crippen LogP contribution in [-0.4, -0.2) is 17.7 Å². The number of alkyl halides is 1. The van der Waals surface area contributed by atoms with Crippen LogP contribution in [0.2, 0.25) is 0 Å². The van der Waals surface area contributed by atoms with Crippen molar-refractivity contribution in [3.05, 3.63) is 35.4 Å². The summed E-state index contributed by atoms with van der Waals surface area (Å²) in [5.41, 5.74) is 1.24. The molecule has 0 aliphatic carbocycles. The van der Waals surface area contributed by atoms with Gasteiger partial charge in [0.25, 0.3) is 0 Å². The Hall–Kier alpha value is -1.51. The Labute approximate surface area is 101 Å². The molecule has 3 heteroatoms. The van der Waals surface area contributed by atoms with Crippen molar-refractivity contribution in [2.24, 2.45) is 5.92 Å². The lowest BCUT2D eigenvalue weighted by atomic mass is 9.95. The normalized spacial score (nSPS) is 14.1. The van der Waals surface area contributed by atoms with Gasteiger partial charge in [0.05, 0.1) is 0 Å². The predicted molar refractivity (Wildman–Crippen MR) is 64.9 cm³/mol. The zero-order chi connectivity index (χ0) is 13.0. The zero-order valence-electron chi connectivity index (χ0n) is 10.4. The number of carbonyl (C=O) groups is 2. The van der Waals surface area contributed by atoms with Crippen LogP contribution >= 0.6 is 0 Å². The first-order valence-corrected chi connectivity index (χ1v) is 5.76. The van der Waals surface area contributed by atoms with Crippen molar-refractivity contribution >= 4 is 11.6 Å². The highest BCUT2D eigenvalue weighted by atomic mass is 19.1. The lowest BCUT2D eigenvalue weighted by Gasteiger charge is -2.11. The van der Waals surface area contributed by atoms with Gasteiger partial charge in [-0.25, -0.2) is 4.39 Å². The first-order valence-electron chi connectivity index (χ1n) is 5.76. The Morgan fingerprint density at radius 3 is 2.24 bits per heavy atom. The fraction of sp³-hybridized carbons (Fsp3) is 0.429. The van der Waals surface area contributed by atoms with Gasteiger partial charge in [0.15, 0.2) is 5.78 Å². The van der Waals surface area contributed by atoms with Crippen molar-refractivity contribution in [2.45, 2.75) is 33.4 Å². The molecule has 0 fully saturated rings. The fourth-order valence-electron chi connectivity index (χ4n) is 1.44. The molecule has 0 N–H and O–H groups in total. The molecule has 0 aliphatic rings. The topological polar surface area (TPSA) is 34.1 Å². The summed E-state index contributed by atoms with van der Waals surface area (Å²) in [6.45, 7) is 5.31. The molecule has 0 heterocycles. The second-order valence-corrected chi connectivity index (χ2v) is 4.30. The van der Waals surface area contributed by atoms with Gasteiger partial charge in [0.2, 0.25) is 12.0 Å². The van der Waals surface area contributed by atoms with E-state index in [9.17, 15) is 14.0 Å². The molecule has 0 spiro atoms. The average Bonchev–Trinajstić information content (AvgIpc) is 2.36. The van der Waals surface area contributed by atoms with E-state index in [1.54, 1.807) is 38.1 Å². The van der Waals surface area contributed by atoms with E-state index >= 15 is 0 Å². The summed E-state index contributed by atoms with van der Waals surface area (Å²) in [5.74, 6) is -1.78. The van der Waals surface area contributed by atoms with Crippen molar-refractivity contribution in [3.63, 3.8) is 0 Å². The van der Waals surface area contributed by atoms with Crippen LogP contribution in [0.4, 0.5) is 4.39 Å². The van der Waals surface area contributed by atoms with E-state index in [1.807, 2.05) is 6.92 Å². The smallest absolute Gasteiger partial charge is 0.221 e. The molecule has 0 radical (unpaired) electrons. The van der Waals surface area contributed by atoms with Gasteiger partial charge in [-0.3, -0.25) is 9.59 Å². The highest BCUT2D eigenvalue weighted by Gasteiger charge is 2.29. The molecule has 92 valence electrons. The predicted octanol–water partition coefficient (Wildman–Crippen LogP) is 3.13. The summed E-state index contributed by atoms with van der Waals surface area (Å²) in [6, 6.07) is 6.56. The van der Waals surface area contributed by atoms with Crippen molar-refractivity contribution in [3.8, 4) is 0 Å². The van der Waals surface area contributed by atoms with Crippen LogP contribution in [0, 0.1) is 12.8 Å². The summed E-state index contributed by atoms with van der Waals surface area (Å²) in [4.78, 5) is 23.3. The van der Waals surface area contributed by atoms with Gasteiger partial charge in [-0.1, -0.05) is 43.7 Å². The largest absolute Gasteiger partial charge is 0.296 e. The second kappa shape index (κ2) is 5.71. The van der Waals surface area contributed by atoms with Crippen LogP contribution in [0.15, 0.2) is 24.3 Å². The minimum Gasteiger partial charge on any atom is -0.296 e. The van der Waals surface area contributed by atoms with Crippen molar-refractivity contribution in [1.82, 2.24) is 0 Å². The molecule has 0 aliphatic heterocycles. The lowest BCUT2D eigenvalue weighted by Crippen LogP contribution is -2.30.